The smallest absolute Gasteiger partial charge is 0.422 e. The Morgan fingerprint density at radius 3 is 2.44 bits per heavy atom. The third-order valence-electron chi connectivity index (χ3n) is 2.12. The first kappa shape index (κ1) is 12.8. The van der Waals surface area contributed by atoms with E-state index in [1.807, 2.05) is 6.92 Å². The van der Waals surface area contributed by atoms with Crippen LogP contribution in [0.4, 0.5) is 13.2 Å². The number of aryl methyl sites for hydroxylation is 1. The van der Waals surface area contributed by atoms with Crippen molar-refractivity contribution in [2.75, 3.05) is 6.61 Å². The zero-order valence-corrected chi connectivity index (χ0v) is 9.14. The zero-order valence-electron chi connectivity index (χ0n) is 9.14. The molecule has 90 valence electrons. The van der Waals surface area contributed by atoms with Crippen LogP contribution in [-0.2, 0) is 0 Å². The summed E-state index contributed by atoms with van der Waals surface area (Å²) < 4.78 is 40.5. The van der Waals surface area contributed by atoms with E-state index in [9.17, 15) is 13.2 Å². The molecule has 0 aromatic heterocycles. The van der Waals surface area contributed by atoms with E-state index in [4.69, 9.17) is 5.73 Å². The summed E-state index contributed by atoms with van der Waals surface area (Å²) in [6, 6.07) is 4.77. The summed E-state index contributed by atoms with van der Waals surface area (Å²) in [5.41, 5.74) is 7.18. The average molecular weight is 233 g/mol. The molecule has 2 N–H and O–H groups in total. The quantitative estimate of drug-likeness (QED) is 0.871. The van der Waals surface area contributed by atoms with E-state index in [-0.39, 0.29) is 11.8 Å². The van der Waals surface area contributed by atoms with Gasteiger partial charge in [-0.15, -0.1) is 0 Å². The number of hydrogen-bond acceptors (Lipinski definition) is 2. The molecule has 0 aliphatic carbocycles. The first-order chi connectivity index (χ1) is 7.29. The molecule has 0 heterocycles. The molecule has 0 fully saturated rings. The Bertz CT molecular complexity index is 361. The minimum Gasteiger partial charge on any atom is -0.484 e. The molecule has 0 radical (unpaired) electrons. The highest BCUT2D eigenvalue weighted by Crippen LogP contribution is 2.24. The molecule has 5 heteroatoms. The largest absolute Gasteiger partial charge is 0.484 e. The van der Waals surface area contributed by atoms with Gasteiger partial charge in [0, 0.05) is 6.04 Å². The summed E-state index contributed by atoms with van der Waals surface area (Å²) in [7, 11) is 0. The molecule has 0 unspecified atom stereocenters. The second kappa shape index (κ2) is 4.74. The standard InChI is InChI=1S/C11H14F3NO/c1-7-5-9(8(2)15)3-4-10(7)16-6-11(12,13)14/h3-5,8H,6,15H2,1-2H3/t8-/m0/s1. The highest BCUT2D eigenvalue weighted by Gasteiger charge is 2.28. The predicted octanol–water partition coefficient (Wildman–Crippen LogP) is 2.96. The van der Waals surface area contributed by atoms with Gasteiger partial charge in [-0.05, 0) is 31.0 Å². The van der Waals surface area contributed by atoms with Gasteiger partial charge in [0.1, 0.15) is 5.75 Å². The van der Waals surface area contributed by atoms with Crippen molar-refractivity contribution in [2.45, 2.75) is 26.1 Å². The van der Waals surface area contributed by atoms with Crippen LogP contribution in [0.15, 0.2) is 18.2 Å². The molecular formula is C11H14F3NO. The van der Waals surface area contributed by atoms with Crippen molar-refractivity contribution < 1.29 is 17.9 Å². The second-order valence-electron chi connectivity index (χ2n) is 3.72. The predicted molar refractivity (Wildman–Crippen MR) is 55.3 cm³/mol. The lowest BCUT2D eigenvalue weighted by molar-refractivity contribution is -0.153. The lowest BCUT2D eigenvalue weighted by atomic mass is 10.1. The molecule has 1 aromatic rings. The highest BCUT2D eigenvalue weighted by atomic mass is 19.4. The highest BCUT2D eigenvalue weighted by molar-refractivity contribution is 5.37. The molecule has 1 rings (SSSR count). The fraction of sp³-hybridized carbons (Fsp3) is 0.455. The van der Waals surface area contributed by atoms with Gasteiger partial charge in [-0.2, -0.15) is 13.2 Å². The van der Waals surface area contributed by atoms with Crippen molar-refractivity contribution in [2.24, 2.45) is 5.73 Å². The summed E-state index contributed by atoms with van der Waals surface area (Å²) in [6.07, 6.45) is -4.31. The molecule has 16 heavy (non-hydrogen) atoms. The topological polar surface area (TPSA) is 35.2 Å². The number of halogens is 3. The van der Waals surface area contributed by atoms with Gasteiger partial charge in [0.15, 0.2) is 6.61 Å². The molecule has 0 amide bonds. The van der Waals surface area contributed by atoms with Gasteiger partial charge < -0.3 is 10.5 Å². The van der Waals surface area contributed by atoms with Gasteiger partial charge in [0.05, 0.1) is 0 Å². The summed E-state index contributed by atoms with van der Waals surface area (Å²) >= 11 is 0. The Kier molecular flexibility index (Phi) is 3.80. The maximum atomic E-state index is 11.9. The van der Waals surface area contributed by atoms with E-state index < -0.39 is 12.8 Å². The van der Waals surface area contributed by atoms with Crippen LogP contribution < -0.4 is 10.5 Å². The molecule has 2 nitrogen and oxygen atoms in total. The van der Waals surface area contributed by atoms with Gasteiger partial charge in [-0.1, -0.05) is 12.1 Å². The fourth-order valence-electron chi connectivity index (χ4n) is 1.28. The van der Waals surface area contributed by atoms with Crippen molar-refractivity contribution >= 4 is 0 Å². The second-order valence-corrected chi connectivity index (χ2v) is 3.72. The fourth-order valence-corrected chi connectivity index (χ4v) is 1.28. The summed E-state index contributed by atoms with van der Waals surface area (Å²) in [5.74, 6) is 0.238. The molecular weight excluding hydrogens is 219 g/mol. The monoisotopic (exact) mass is 233 g/mol. The maximum absolute atomic E-state index is 11.9. The Morgan fingerprint density at radius 2 is 2.00 bits per heavy atom. The normalized spacial score (nSPS) is 13.6. The minimum absolute atomic E-state index is 0.143. The SMILES string of the molecule is Cc1cc([C@H](C)N)ccc1OCC(F)(F)F. The number of nitrogens with two attached hydrogens (primary N) is 1. The van der Waals surface area contributed by atoms with Crippen LogP contribution in [0.25, 0.3) is 0 Å². The molecule has 0 aliphatic rings. The van der Waals surface area contributed by atoms with E-state index in [0.29, 0.717) is 5.56 Å². The van der Waals surface area contributed by atoms with Crippen molar-refractivity contribution in [1.82, 2.24) is 0 Å². The van der Waals surface area contributed by atoms with Gasteiger partial charge in [-0.3, -0.25) is 0 Å². The van der Waals surface area contributed by atoms with E-state index in [1.54, 1.807) is 19.1 Å². The third-order valence-corrected chi connectivity index (χ3v) is 2.12. The van der Waals surface area contributed by atoms with E-state index in [1.165, 1.54) is 6.07 Å². The number of alkyl halides is 3. The van der Waals surface area contributed by atoms with Crippen molar-refractivity contribution in [3.8, 4) is 5.75 Å². The summed E-state index contributed by atoms with van der Waals surface area (Å²) in [6.45, 7) is 2.23. The lowest BCUT2D eigenvalue weighted by Gasteiger charge is -2.13. The number of rotatable bonds is 3. The number of benzene rings is 1. The number of hydrogen-bond donors (Lipinski definition) is 1. The van der Waals surface area contributed by atoms with Crippen LogP contribution in [-0.4, -0.2) is 12.8 Å². The number of ether oxygens (including phenoxy) is 1. The van der Waals surface area contributed by atoms with Gasteiger partial charge >= 0.3 is 6.18 Å². The minimum atomic E-state index is -4.31. The summed E-state index contributed by atoms with van der Waals surface area (Å²) in [5, 5.41) is 0. The van der Waals surface area contributed by atoms with Gasteiger partial charge in [0.2, 0.25) is 0 Å². The molecule has 0 saturated carbocycles. The van der Waals surface area contributed by atoms with Crippen LogP contribution in [0, 0.1) is 6.92 Å². The Balaban J connectivity index is 2.76. The van der Waals surface area contributed by atoms with Crippen LogP contribution in [0.3, 0.4) is 0 Å². The van der Waals surface area contributed by atoms with E-state index in [0.717, 1.165) is 5.56 Å². The van der Waals surface area contributed by atoms with Crippen molar-refractivity contribution in [3.63, 3.8) is 0 Å². The Labute approximate surface area is 92.2 Å². The zero-order chi connectivity index (χ0) is 12.3. The Hall–Kier alpha value is -1.23. The van der Waals surface area contributed by atoms with Crippen LogP contribution >= 0.6 is 0 Å². The Morgan fingerprint density at radius 1 is 1.38 bits per heavy atom. The molecule has 0 aliphatic heterocycles. The lowest BCUT2D eigenvalue weighted by Crippen LogP contribution is -2.19. The van der Waals surface area contributed by atoms with Crippen LogP contribution in [0.2, 0.25) is 0 Å². The first-order valence-corrected chi connectivity index (χ1v) is 4.85. The summed E-state index contributed by atoms with van der Waals surface area (Å²) in [4.78, 5) is 0. The first-order valence-electron chi connectivity index (χ1n) is 4.85. The van der Waals surface area contributed by atoms with Crippen LogP contribution in [0.1, 0.15) is 24.1 Å². The molecule has 0 saturated heterocycles. The average Bonchev–Trinajstić information content (AvgIpc) is 2.14. The molecule has 0 bridgehead atoms. The van der Waals surface area contributed by atoms with E-state index >= 15 is 0 Å². The maximum Gasteiger partial charge on any atom is 0.422 e. The van der Waals surface area contributed by atoms with Crippen molar-refractivity contribution in [3.05, 3.63) is 29.3 Å². The molecule has 1 aromatic carbocycles. The van der Waals surface area contributed by atoms with Crippen LogP contribution in [0.5, 0.6) is 5.75 Å². The van der Waals surface area contributed by atoms with Crippen molar-refractivity contribution in [1.29, 1.82) is 0 Å². The van der Waals surface area contributed by atoms with E-state index in [2.05, 4.69) is 4.74 Å². The molecule has 1 atom stereocenters. The molecule has 0 spiro atoms. The third kappa shape index (κ3) is 3.73. The van der Waals surface area contributed by atoms with Gasteiger partial charge in [0.25, 0.3) is 0 Å². The van der Waals surface area contributed by atoms with Gasteiger partial charge in [-0.25, -0.2) is 0 Å².